The Morgan fingerprint density at radius 2 is 2.19 bits per heavy atom. The van der Waals surface area contributed by atoms with Crippen molar-refractivity contribution in [2.45, 2.75) is 25.8 Å². The minimum absolute atomic E-state index is 0. The van der Waals surface area contributed by atoms with E-state index in [-0.39, 0.29) is 30.4 Å². The molecule has 26 heavy (non-hydrogen) atoms. The number of carbonyl (C=O) groups is 1. The molecule has 0 saturated heterocycles. The van der Waals surface area contributed by atoms with Gasteiger partial charge in [0.2, 0.25) is 0 Å². The molecule has 2 aromatic heterocycles. The van der Waals surface area contributed by atoms with Crippen molar-refractivity contribution >= 4 is 28.3 Å². The second-order valence-corrected chi connectivity index (χ2v) is 6.85. The van der Waals surface area contributed by atoms with Crippen LogP contribution in [-0.4, -0.2) is 38.7 Å². The molecule has 1 aliphatic heterocycles. The van der Waals surface area contributed by atoms with Gasteiger partial charge in [0, 0.05) is 26.0 Å². The summed E-state index contributed by atoms with van der Waals surface area (Å²) in [5, 5.41) is 0. The molecule has 1 N–H and O–H groups in total. The van der Waals surface area contributed by atoms with Gasteiger partial charge < -0.3 is 9.88 Å². The summed E-state index contributed by atoms with van der Waals surface area (Å²) in [6, 6.07) is -0.756. The minimum atomic E-state index is -2.81. The van der Waals surface area contributed by atoms with E-state index in [2.05, 4.69) is 15.0 Å². The Hall–Kier alpha value is -2.49. The van der Waals surface area contributed by atoms with Crippen LogP contribution in [-0.2, 0) is 6.42 Å². The van der Waals surface area contributed by atoms with Crippen molar-refractivity contribution in [3.8, 4) is 0 Å². The second kappa shape index (κ2) is 6.04. The molecule has 0 saturated carbocycles. The maximum Gasteiger partial charge on any atom is 0.290 e. The smallest absolute Gasteiger partial charge is 0.290 e. The van der Waals surface area contributed by atoms with Crippen molar-refractivity contribution in [1.82, 2.24) is 19.9 Å². The number of carbonyl (C=O) groups excluding carboxylic acids is 1. The van der Waals surface area contributed by atoms with Gasteiger partial charge in [0.05, 0.1) is 21.6 Å². The molecular formula is C16H14F4N4OS. The summed E-state index contributed by atoms with van der Waals surface area (Å²) in [5.41, 5.74) is 1.96. The zero-order valence-corrected chi connectivity index (χ0v) is 14.2. The first-order chi connectivity index (χ1) is 12.4. The topological polar surface area (TPSA) is 61.9 Å². The quantitative estimate of drug-likeness (QED) is 0.681. The predicted molar refractivity (Wildman–Crippen MR) is 88.5 cm³/mol. The summed E-state index contributed by atoms with van der Waals surface area (Å²) in [7, 11) is 0. The van der Waals surface area contributed by atoms with Gasteiger partial charge >= 0.3 is 0 Å². The molecule has 1 atom stereocenters. The van der Waals surface area contributed by atoms with Gasteiger partial charge in [0.25, 0.3) is 12.3 Å². The van der Waals surface area contributed by atoms with Crippen molar-refractivity contribution < 1.29 is 23.8 Å². The Morgan fingerprint density at radius 3 is 2.92 bits per heavy atom. The number of hydrogen-bond donors (Lipinski definition) is 1. The molecule has 0 radical (unpaired) electrons. The number of aryl methyl sites for hydroxylation is 1. The maximum absolute atomic E-state index is 13.9. The van der Waals surface area contributed by atoms with Crippen molar-refractivity contribution in [3.63, 3.8) is 0 Å². The number of aromatic amines is 1. The number of benzene rings is 1. The van der Waals surface area contributed by atoms with Crippen LogP contribution in [0.3, 0.4) is 0 Å². The van der Waals surface area contributed by atoms with Gasteiger partial charge in [0.15, 0.2) is 11.6 Å². The van der Waals surface area contributed by atoms with Crippen LogP contribution in [0.1, 0.15) is 34.2 Å². The van der Waals surface area contributed by atoms with E-state index in [1.165, 1.54) is 12.4 Å². The van der Waals surface area contributed by atoms with Crippen molar-refractivity contribution in [3.05, 3.63) is 45.2 Å². The number of amides is 1. The lowest BCUT2D eigenvalue weighted by Gasteiger charge is -2.33. The number of H-pyrrole nitrogens is 1. The third-order valence-corrected chi connectivity index (χ3v) is 5.43. The molecule has 0 aliphatic carbocycles. The van der Waals surface area contributed by atoms with E-state index in [0.717, 1.165) is 16.2 Å². The van der Waals surface area contributed by atoms with Crippen LogP contribution in [0.25, 0.3) is 11.0 Å². The Balaban J connectivity index is 0.00000210. The number of alkyl halides is 2. The van der Waals surface area contributed by atoms with Crippen molar-refractivity contribution in [2.75, 3.05) is 6.54 Å². The van der Waals surface area contributed by atoms with E-state index >= 15 is 0 Å². The molecule has 3 heterocycles. The van der Waals surface area contributed by atoms with E-state index < -0.39 is 30.0 Å². The lowest BCUT2D eigenvalue weighted by molar-refractivity contribution is 0.0170. The highest BCUT2D eigenvalue weighted by molar-refractivity contribution is 7.09. The minimum Gasteiger partial charge on any atom is -0.333 e. The van der Waals surface area contributed by atoms with Gasteiger partial charge in [-0.25, -0.2) is 27.5 Å². The highest BCUT2D eigenvalue weighted by Crippen LogP contribution is 2.37. The number of halogens is 4. The molecule has 138 valence electrons. The lowest BCUT2D eigenvalue weighted by atomic mass is 10.1. The monoisotopic (exact) mass is 386 g/mol. The van der Waals surface area contributed by atoms with Crippen LogP contribution in [0.4, 0.5) is 17.6 Å². The Labute approximate surface area is 150 Å². The summed E-state index contributed by atoms with van der Waals surface area (Å²) in [6.07, 6.45) is -2.46. The summed E-state index contributed by atoms with van der Waals surface area (Å²) in [5.74, 6) is -2.79. The van der Waals surface area contributed by atoms with Gasteiger partial charge in [-0.15, -0.1) is 11.3 Å². The standard InChI is InChI=1S/C16H12F4N4OS.H2/c1-6-7(17)4-8(18)11-10(6)22-15(23-11)16(25)24-3-2-9-13(26-5-21-9)12(24)14(19)20;/h4-5,12,14H,2-3H2,1H3,(H,22,23);1H. The average molecular weight is 386 g/mol. The van der Waals surface area contributed by atoms with E-state index in [9.17, 15) is 22.4 Å². The third kappa shape index (κ3) is 2.47. The van der Waals surface area contributed by atoms with E-state index in [1.54, 1.807) is 0 Å². The highest BCUT2D eigenvalue weighted by Gasteiger charge is 2.40. The number of hydrogen-bond acceptors (Lipinski definition) is 4. The van der Waals surface area contributed by atoms with Crippen LogP contribution in [0.15, 0.2) is 11.6 Å². The first-order valence-corrected chi connectivity index (χ1v) is 8.62. The molecule has 1 aliphatic rings. The molecule has 1 aromatic carbocycles. The van der Waals surface area contributed by atoms with Gasteiger partial charge in [-0.1, -0.05) is 0 Å². The van der Waals surface area contributed by atoms with E-state index in [4.69, 9.17) is 0 Å². The summed E-state index contributed by atoms with van der Waals surface area (Å²) in [4.78, 5) is 24.7. The molecule has 0 spiro atoms. The second-order valence-electron chi connectivity index (χ2n) is 5.97. The summed E-state index contributed by atoms with van der Waals surface area (Å²) >= 11 is 1.06. The largest absolute Gasteiger partial charge is 0.333 e. The predicted octanol–water partition coefficient (Wildman–Crippen LogP) is 3.86. The Bertz CT molecular complexity index is 1020. The van der Waals surface area contributed by atoms with E-state index in [1.807, 2.05) is 0 Å². The number of nitrogens with zero attached hydrogens (tertiary/aromatic N) is 3. The molecule has 0 fully saturated rings. The molecule has 1 amide bonds. The highest BCUT2D eigenvalue weighted by atomic mass is 32.1. The fourth-order valence-electron chi connectivity index (χ4n) is 3.15. The Morgan fingerprint density at radius 1 is 1.42 bits per heavy atom. The number of imidazole rings is 1. The van der Waals surface area contributed by atoms with Gasteiger partial charge in [-0.3, -0.25) is 4.79 Å². The van der Waals surface area contributed by atoms with Gasteiger partial charge in [-0.05, 0) is 6.92 Å². The molecule has 1 unspecified atom stereocenters. The maximum atomic E-state index is 13.9. The molecule has 4 rings (SSSR count). The summed E-state index contributed by atoms with van der Waals surface area (Å²) < 4.78 is 54.9. The van der Waals surface area contributed by atoms with Gasteiger partial charge in [-0.2, -0.15) is 0 Å². The molecule has 3 aromatic rings. The van der Waals surface area contributed by atoms with Crippen molar-refractivity contribution in [1.29, 1.82) is 0 Å². The molecule has 0 bridgehead atoms. The van der Waals surface area contributed by atoms with Crippen LogP contribution in [0, 0.1) is 18.6 Å². The fourth-order valence-corrected chi connectivity index (χ4v) is 4.11. The summed E-state index contributed by atoms with van der Waals surface area (Å²) in [6.45, 7) is 1.45. The fraction of sp³-hybridized carbons (Fsp3) is 0.312. The first kappa shape index (κ1) is 17.0. The molecule has 10 heteroatoms. The molecule has 5 nitrogen and oxygen atoms in total. The average Bonchev–Trinajstić information content (AvgIpc) is 3.25. The number of thiazole rings is 1. The van der Waals surface area contributed by atoms with Crippen LogP contribution < -0.4 is 0 Å². The van der Waals surface area contributed by atoms with Crippen LogP contribution in [0.5, 0.6) is 0 Å². The lowest BCUT2D eigenvalue weighted by Crippen LogP contribution is -2.43. The van der Waals surface area contributed by atoms with Crippen LogP contribution in [0.2, 0.25) is 0 Å². The van der Waals surface area contributed by atoms with Crippen LogP contribution >= 0.6 is 11.3 Å². The van der Waals surface area contributed by atoms with Gasteiger partial charge in [0.1, 0.15) is 17.4 Å². The molecular weight excluding hydrogens is 372 g/mol. The number of fused-ring (bicyclic) bond motifs is 2. The Kier molecular flexibility index (Phi) is 3.94. The van der Waals surface area contributed by atoms with Crippen molar-refractivity contribution in [2.24, 2.45) is 0 Å². The number of rotatable bonds is 2. The zero-order chi connectivity index (χ0) is 18.6. The van der Waals surface area contributed by atoms with E-state index in [0.29, 0.717) is 23.1 Å². The normalized spacial score (nSPS) is 17.2. The zero-order valence-electron chi connectivity index (χ0n) is 13.4. The number of nitrogens with one attached hydrogen (secondary N) is 1. The third-order valence-electron chi connectivity index (χ3n) is 4.49. The number of aromatic nitrogens is 3. The SMILES string of the molecule is Cc1c(F)cc(F)c2nc(C(=O)N3CCc4ncsc4C3C(F)F)[nH]c12.[HH]. The first-order valence-electron chi connectivity index (χ1n) is 7.74.